The van der Waals surface area contributed by atoms with Crippen LogP contribution in [0.2, 0.25) is 0 Å². The van der Waals surface area contributed by atoms with Gasteiger partial charge in [-0.05, 0) is 23.6 Å². The highest BCUT2D eigenvalue weighted by Crippen LogP contribution is 2.24. The SMILES string of the molecule is COC(=O)CC(NC(=O)Nc1cccnc1OC)c1cccs1. The first kappa shape index (κ1) is 16.8. The van der Waals surface area contributed by atoms with Crippen LogP contribution in [0.3, 0.4) is 0 Å². The zero-order valence-electron chi connectivity index (χ0n) is 12.7. The van der Waals surface area contributed by atoms with Gasteiger partial charge in [-0.3, -0.25) is 4.79 Å². The minimum Gasteiger partial charge on any atom is -0.480 e. The van der Waals surface area contributed by atoms with Crippen LogP contribution in [0.15, 0.2) is 35.8 Å². The van der Waals surface area contributed by atoms with Crippen molar-refractivity contribution in [2.75, 3.05) is 19.5 Å². The number of ether oxygens (including phenoxy) is 2. The van der Waals surface area contributed by atoms with Gasteiger partial charge in [0.25, 0.3) is 0 Å². The minimum absolute atomic E-state index is 0.0502. The molecule has 0 aliphatic carbocycles. The van der Waals surface area contributed by atoms with Crippen LogP contribution in [0.4, 0.5) is 10.5 Å². The highest BCUT2D eigenvalue weighted by Gasteiger charge is 2.20. The van der Waals surface area contributed by atoms with Crippen LogP contribution in [-0.4, -0.2) is 31.2 Å². The number of hydrogen-bond acceptors (Lipinski definition) is 6. The zero-order chi connectivity index (χ0) is 16.7. The van der Waals surface area contributed by atoms with Crippen molar-refractivity contribution in [3.05, 3.63) is 40.7 Å². The maximum atomic E-state index is 12.2. The normalized spacial score (nSPS) is 11.4. The Labute approximate surface area is 137 Å². The second kappa shape index (κ2) is 8.14. The third-order valence-electron chi connectivity index (χ3n) is 3.00. The maximum absolute atomic E-state index is 12.2. The number of rotatable bonds is 6. The van der Waals surface area contributed by atoms with E-state index in [2.05, 4.69) is 20.4 Å². The van der Waals surface area contributed by atoms with Gasteiger partial charge in [-0.15, -0.1) is 11.3 Å². The highest BCUT2D eigenvalue weighted by atomic mass is 32.1. The number of carbonyl (C=O) groups excluding carboxylic acids is 2. The van der Waals surface area contributed by atoms with E-state index >= 15 is 0 Å². The summed E-state index contributed by atoms with van der Waals surface area (Å²) in [6, 6.07) is 6.13. The molecule has 2 aromatic rings. The molecule has 2 heterocycles. The molecule has 2 N–H and O–H groups in total. The summed E-state index contributed by atoms with van der Waals surface area (Å²) in [6.07, 6.45) is 1.61. The first-order chi connectivity index (χ1) is 11.1. The molecule has 0 bridgehead atoms. The lowest BCUT2D eigenvalue weighted by atomic mass is 10.2. The van der Waals surface area contributed by atoms with E-state index in [1.165, 1.54) is 25.6 Å². The predicted octanol–water partition coefficient (Wildman–Crippen LogP) is 2.58. The predicted molar refractivity (Wildman–Crippen MR) is 86.6 cm³/mol. The summed E-state index contributed by atoms with van der Waals surface area (Å²) >= 11 is 1.45. The van der Waals surface area contributed by atoms with Crippen LogP contribution in [0.1, 0.15) is 17.3 Å². The molecule has 0 aliphatic rings. The van der Waals surface area contributed by atoms with E-state index < -0.39 is 18.0 Å². The summed E-state index contributed by atoms with van der Waals surface area (Å²) < 4.78 is 9.76. The van der Waals surface area contributed by atoms with Crippen molar-refractivity contribution >= 4 is 29.0 Å². The molecule has 2 rings (SSSR count). The topological polar surface area (TPSA) is 89.5 Å². The molecule has 0 aromatic carbocycles. The third-order valence-corrected chi connectivity index (χ3v) is 3.99. The summed E-state index contributed by atoms with van der Waals surface area (Å²) in [4.78, 5) is 28.6. The molecule has 8 heteroatoms. The Morgan fingerprint density at radius 2 is 2.13 bits per heavy atom. The first-order valence-corrected chi connectivity index (χ1v) is 7.68. The smallest absolute Gasteiger partial charge is 0.319 e. The number of thiophene rings is 1. The number of methoxy groups -OCH3 is 2. The molecule has 1 atom stereocenters. The van der Waals surface area contributed by atoms with Crippen molar-refractivity contribution in [3.8, 4) is 5.88 Å². The minimum atomic E-state index is -0.467. The van der Waals surface area contributed by atoms with Crippen molar-refractivity contribution in [3.63, 3.8) is 0 Å². The van der Waals surface area contributed by atoms with Crippen LogP contribution in [0.5, 0.6) is 5.88 Å². The number of amides is 2. The van der Waals surface area contributed by atoms with E-state index in [0.717, 1.165) is 4.88 Å². The molecule has 0 saturated heterocycles. The maximum Gasteiger partial charge on any atom is 0.319 e. The largest absolute Gasteiger partial charge is 0.480 e. The van der Waals surface area contributed by atoms with E-state index in [-0.39, 0.29) is 6.42 Å². The average Bonchev–Trinajstić information content (AvgIpc) is 3.09. The van der Waals surface area contributed by atoms with Crippen LogP contribution >= 0.6 is 11.3 Å². The summed E-state index contributed by atoms with van der Waals surface area (Å²) in [7, 11) is 2.78. The monoisotopic (exact) mass is 335 g/mol. The number of esters is 1. The van der Waals surface area contributed by atoms with Crippen molar-refractivity contribution in [1.29, 1.82) is 0 Å². The number of urea groups is 1. The molecule has 1 unspecified atom stereocenters. The van der Waals surface area contributed by atoms with Gasteiger partial charge in [-0.1, -0.05) is 6.07 Å². The molecule has 23 heavy (non-hydrogen) atoms. The second-order valence-corrected chi connectivity index (χ2v) is 5.49. The van der Waals surface area contributed by atoms with Gasteiger partial charge in [0, 0.05) is 11.1 Å². The van der Waals surface area contributed by atoms with Crippen molar-refractivity contribution in [2.24, 2.45) is 0 Å². The average molecular weight is 335 g/mol. The van der Waals surface area contributed by atoms with Gasteiger partial charge in [-0.25, -0.2) is 9.78 Å². The van der Waals surface area contributed by atoms with E-state index in [1.807, 2.05) is 17.5 Å². The first-order valence-electron chi connectivity index (χ1n) is 6.80. The zero-order valence-corrected chi connectivity index (χ0v) is 13.6. The molecule has 2 amide bonds. The van der Waals surface area contributed by atoms with E-state index in [0.29, 0.717) is 11.6 Å². The Bertz CT molecular complexity index is 661. The summed E-state index contributed by atoms with van der Waals surface area (Å²) in [5.74, 6) is -0.0917. The Balaban J connectivity index is 2.07. The number of nitrogens with one attached hydrogen (secondary N) is 2. The summed E-state index contributed by atoms with van der Waals surface area (Å²) in [5, 5.41) is 7.30. The number of anilines is 1. The molecule has 2 aromatic heterocycles. The molecule has 0 fully saturated rings. The van der Waals surface area contributed by atoms with Gasteiger partial charge in [0.2, 0.25) is 5.88 Å². The number of hydrogen-bond donors (Lipinski definition) is 2. The highest BCUT2D eigenvalue weighted by molar-refractivity contribution is 7.10. The molecular weight excluding hydrogens is 318 g/mol. The van der Waals surface area contributed by atoms with Crippen molar-refractivity contribution < 1.29 is 19.1 Å². The molecule has 0 saturated carbocycles. The second-order valence-electron chi connectivity index (χ2n) is 4.51. The molecule has 0 aliphatic heterocycles. The van der Waals surface area contributed by atoms with Crippen molar-refractivity contribution in [2.45, 2.75) is 12.5 Å². The molecule has 122 valence electrons. The van der Waals surface area contributed by atoms with Crippen LogP contribution in [0, 0.1) is 0 Å². The van der Waals surface area contributed by atoms with Crippen LogP contribution < -0.4 is 15.4 Å². The Morgan fingerprint density at radius 3 is 2.78 bits per heavy atom. The molecule has 0 spiro atoms. The van der Waals surface area contributed by atoms with Gasteiger partial charge >= 0.3 is 12.0 Å². The summed E-state index contributed by atoms with van der Waals surface area (Å²) in [6.45, 7) is 0. The fourth-order valence-electron chi connectivity index (χ4n) is 1.93. The van der Waals surface area contributed by atoms with Gasteiger partial charge in [-0.2, -0.15) is 0 Å². The molecule has 7 nitrogen and oxygen atoms in total. The fourth-order valence-corrected chi connectivity index (χ4v) is 2.71. The number of nitrogens with zero attached hydrogens (tertiary/aromatic N) is 1. The van der Waals surface area contributed by atoms with E-state index in [9.17, 15) is 9.59 Å². The fraction of sp³-hybridized carbons (Fsp3) is 0.267. The Kier molecular flexibility index (Phi) is 5.93. The lowest BCUT2D eigenvalue weighted by molar-refractivity contribution is -0.141. The molecule has 0 radical (unpaired) electrons. The standard InChI is InChI=1S/C15H17N3O4S/c1-21-13(19)9-11(12-6-4-8-23-12)18-15(20)17-10-5-3-7-16-14(10)22-2/h3-8,11H,9H2,1-2H3,(H2,17,18,20). The van der Waals surface area contributed by atoms with Gasteiger partial charge in [0.15, 0.2) is 0 Å². The number of pyridine rings is 1. The van der Waals surface area contributed by atoms with E-state index in [1.54, 1.807) is 18.3 Å². The third kappa shape index (κ3) is 4.68. The quantitative estimate of drug-likeness (QED) is 0.792. The lowest BCUT2D eigenvalue weighted by Gasteiger charge is -2.17. The molecular formula is C15H17N3O4S. The Hall–Kier alpha value is -2.61. The van der Waals surface area contributed by atoms with Gasteiger partial charge in [0.05, 0.1) is 26.7 Å². The van der Waals surface area contributed by atoms with Gasteiger partial charge < -0.3 is 20.1 Å². The lowest BCUT2D eigenvalue weighted by Crippen LogP contribution is -2.33. The Morgan fingerprint density at radius 1 is 1.30 bits per heavy atom. The van der Waals surface area contributed by atoms with Crippen LogP contribution in [0.25, 0.3) is 0 Å². The van der Waals surface area contributed by atoms with Crippen molar-refractivity contribution in [1.82, 2.24) is 10.3 Å². The van der Waals surface area contributed by atoms with E-state index in [4.69, 9.17) is 4.74 Å². The number of carbonyl (C=O) groups is 2. The van der Waals surface area contributed by atoms with Gasteiger partial charge in [0.1, 0.15) is 5.69 Å². The van der Waals surface area contributed by atoms with Crippen LogP contribution in [-0.2, 0) is 9.53 Å². The number of aromatic nitrogens is 1. The summed E-state index contributed by atoms with van der Waals surface area (Å²) in [5.41, 5.74) is 0.440.